The van der Waals surface area contributed by atoms with Gasteiger partial charge < -0.3 is 10.6 Å². The van der Waals surface area contributed by atoms with Gasteiger partial charge in [0.2, 0.25) is 0 Å². The van der Waals surface area contributed by atoms with Gasteiger partial charge in [0.15, 0.2) is 0 Å². The zero-order valence-electron chi connectivity index (χ0n) is 12.0. The molecule has 0 aromatic heterocycles. The highest BCUT2D eigenvalue weighted by Gasteiger charge is 2.19. The minimum atomic E-state index is 0.368. The first-order valence-electron chi connectivity index (χ1n) is 7.44. The minimum absolute atomic E-state index is 0.368. The van der Waals surface area contributed by atoms with Gasteiger partial charge in [0.05, 0.1) is 0 Å². The number of hydrogen-bond acceptors (Lipinski definition) is 2. The fourth-order valence-electron chi connectivity index (χ4n) is 2.97. The maximum Gasteiger partial charge on any atom is 0.0340 e. The molecular formula is C18H22N2. The zero-order chi connectivity index (χ0) is 13.8. The van der Waals surface area contributed by atoms with Gasteiger partial charge in [-0.2, -0.15) is 0 Å². The molecule has 2 heteroatoms. The molecule has 2 nitrogen and oxygen atoms in total. The van der Waals surface area contributed by atoms with E-state index in [2.05, 4.69) is 72.2 Å². The molecule has 0 spiro atoms. The lowest BCUT2D eigenvalue weighted by atomic mass is 9.97. The Labute approximate surface area is 121 Å². The molecule has 2 N–H and O–H groups in total. The SMILES string of the molecule is C[C@H](NC1CCNCc2ccccc21)c1ccccc1. The first-order chi connectivity index (χ1) is 9.84. The summed E-state index contributed by atoms with van der Waals surface area (Å²) in [5.74, 6) is 0. The highest BCUT2D eigenvalue weighted by molar-refractivity contribution is 5.31. The second-order valence-corrected chi connectivity index (χ2v) is 5.52. The molecule has 3 rings (SSSR count). The maximum atomic E-state index is 3.79. The van der Waals surface area contributed by atoms with Crippen molar-refractivity contribution >= 4 is 0 Å². The van der Waals surface area contributed by atoms with Crippen LogP contribution in [0.2, 0.25) is 0 Å². The summed E-state index contributed by atoms with van der Waals surface area (Å²) in [6, 6.07) is 20.2. The Kier molecular flexibility index (Phi) is 4.14. The van der Waals surface area contributed by atoms with E-state index in [-0.39, 0.29) is 0 Å². The molecule has 20 heavy (non-hydrogen) atoms. The highest BCUT2D eigenvalue weighted by Crippen LogP contribution is 2.26. The molecule has 104 valence electrons. The van der Waals surface area contributed by atoms with Crippen molar-refractivity contribution in [2.45, 2.75) is 32.0 Å². The van der Waals surface area contributed by atoms with Crippen LogP contribution in [0.5, 0.6) is 0 Å². The standard InChI is InChI=1S/C18H22N2/c1-14(15-7-3-2-4-8-15)20-18-11-12-19-13-16-9-5-6-10-17(16)18/h2-10,14,18-20H,11-13H2,1H3/t14-,18?/m0/s1. The molecule has 1 aliphatic heterocycles. The predicted octanol–water partition coefficient (Wildman–Crippen LogP) is 3.57. The molecule has 2 aromatic rings. The first kappa shape index (κ1) is 13.3. The summed E-state index contributed by atoms with van der Waals surface area (Å²) in [5.41, 5.74) is 4.21. The molecule has 0 radical (unpaired) electrons. The van der Waals surface area contributed by atoms with Gasteiger partial charge in [0, 0.05) is 18.6 Å². The molecule has 0 saturated carbocycles. The largest absolute Gasteiger partial charge is 0.313 e. The van der Waals surface area contributed by atoms with Gasteiger partial charge in [-0.25, -0.2) is 0 Å². The lowest BCUT2D eigenvalue weighted by Gasteiger charge is -2.24. The van der Waals surface area contributed by atoms with Crippen LogP contribution < -0.4 is 10.6 Å². The molecule has 0 saturated heterocycles. The molecule has 2 atom stereocenters. The van der Waals surface area contributed by atoms with E-state index in [1.54, 1.807) is 0 Å². The van der Waals surface area contributed by atoms with E-state index in [9.17, 15) is 0 Å². The predicted molar refractivity (Wildman–Crippen MR) is 83.5 cm³/mol. The summed E-state index contributed by atoms with van der Waals surface area (Å²) in [7, 11) is 0. The third-order valence-corrected chi connectivity index (χ3v) is 4.11. The van der Waals surface area contributed by atoms with Crippen molar-refractivity contribution in [1.82, 2.24) is 10.6 Å². The number of fused-ring (bicyclic) bond motifs is 1. The Morgan fingerprint density at radius 3 is 2.65 bits per heavy atom. The van der Waals surface area contributed by atoms with Crippen LogP contribution in [0.3, 0.4) is 0 Å². The Bertz CT molecular complexity index is 550. The van der Waals surface area contributed by atoms with Crippen LogP contribution >= 0.6 is 0 Å². The molecule has 1 aliphatic rings. The molecular weight excluding hydrogens is 244 g/mol. The second-order valence-electron chi connectivity index (χ2n) is 5.52. The quantitative estimate of drug-likeness (QED) is 0.887. The molecule has 0 fully saturated rings. The second kappa shape index (κ2) is 6.21. The fourth-order valence-corrected chi connectivity index (χ4v) is 2.97. The lowest BCUT2D eigenvalue weighted by molar-refractivity contribution is 0.443. The van der Waals surface area contributed by atoms with E-state index in [0.717, 1.165) is 19.5 Å². The topological polar surface area (TPSA) is 24.1 Å². The Morgan fingerprint density at radius 2 is 1.80 bits per heavy atom. The zero-order valence-corrected chi connectivity index (χ0v) is 12.0. The van der Waals surface area contributed by atoms with Crippen LogP contribution in [0.1, 0.15) is 42.1 Å². The summed E-state index contributed by atoms with van der Waals surface area (Å²) >= 11 is 0. The van der Waals surface area contributed by atoms with Crippen molar-refractivity contribution < 1.29 is 0 Å². The van der Waals surface area contributed by atoms with Gasteiger partial charge in [0.1, 0.15) is 0 Å². The van der Waals surface area contributed by atoms with Gasteiger partial charge in [-0.05, 0) is 36.6 Å². The Balaban J connectivity index is 1.80. The van der Waals surface area contributed by atoms with Crippen LogP contribution in [0, 0.1) is 0 Å². The minimum Gasteiger partial charge on any atom is -0.313 e. The molecule has 0 aliphatic carbocycles. The smallest absolute Gasteiger partial charge is 0.0340 e. The monoisotopic (exact) mass is 266 g/mol. The van der Waals surface area contributed by atoms with E-state index in [1.165, 1.54) is 16.7 Å². The maximum absolute atomic E-state index is 3.79. The van der Waals surface area contributed by atoms with E-state index in [4.69, 9.17) is 0 Å². The Hall–Kier alpha value is -1.64. The van der Waals surface area contributed by atoms with E-state index in [1.807, 2.05) is 0 Å². The summed E-state index contributed by atoms with van der Waals surface area (Å²) in [6.45, 7) is 4.29. The molecule has 0 bridgehead atoms. The summed E-state index contributed by atoms with van der Waals surface area (Å²) < 4.78 is 0. The summed E-state index contributed by atoms with van der Waals surface area (Å²) in [6.07, 6.45) is 1.13. The molecule has 1 unspecified atom stereocenters. The van der Waals surface area contributed by atoms with Gasteiger partial charge in [-0.1, -0.05) is 54.6 Å². The van der Waals surface area contributed by atoms with Crippen molar-refractivity contribution in [2.75, 3.05) is 6.54 Å². The van der Waals surface area contributed by atoms with Gasteiger partial charge >= 0.3 is 0 Å². The summed E-state index contributed by atoms with van der Waals surface area (Å²) in [5, 5.41) is 7.30. The number of nitrogens with one attached hydrogen (secondary N) is 2. The van der Waals surface area contributed by atoms with Gasteiger partial charge in [-0.15, -0.1) is 0 Å². The van der Waals surface area contributed by atoms with E-state index >= 15 is 0 Å². The van der Waals surface area contributed by atoms with Crippen molar-refractivity contribution in [3.8, 4) is 0 Å². The number of hydrogen-bond donors (Lipinski definition) is 2. The summed E-state index contributed by atoms with van der Waals surface area (Å²) in [4.78, 5) is 0. The third kappa shape index (κ3) is 2.92. The van der Waals surface area contributed by atoms with Crippen molar-refractivity contribution in [2.24, 2.45) is 0 Å². The average Bonchev–Trinajstić information content (AvgIpc) is 2.71. The molecule has 1 heterocycles. The van der Waals surface area contributed by atoms with Crippen molar-refractivity contribution in [3.63, 3.8) is 0 Å². The normalized spacial score (nSPS) is 19.9. The van der Waals surface area contributed by atoms with Crippen LogP contribution in [0.25, 0.3) is 0 Å². The van der Waals surface area contributed by atoms with Crippen LogP contribution in [-0.4, -0.2) is 6.54 Å². The van der Waals surface area contributed by atoms with Crippen LogP contribution in [-0.2, 0) is 6.54 Å². The van der Waals surface area contributed by atoms with Gasteiger partial charge in [0.25, 0.3) is 0 Å². The Morgan fingerprint density at radius 1 is 1.05 bits per heavy atom. The lowest BCUT2D eigenvalue weighted by Crippen LogP contribution is -2.26. The van der Waals surface area contributed by atoms with Crippen molar-refractivity contribution in [1.29, 1.82) is 0 Å². The van der Waals surface area contributed by atoms with Gasteiger partial charge in [-0.3, -0.25) is 0 Å². The molecule has 0 amide bonds. The van der Waals surface area contributed by atoms with Crippen LogP contribution in [0.4, 0.5) is 0 Å². The van der Waals surface area contributed by atoms with Crippen molar-refractivity contribution in [3.05, 3.63) is 71.3 Å². The van der Waals surface area contributed by atoms with E-state index in [0.29, 0.717) is 12.1 Å². The number of rotatable bonds is 3. The first-order valence-corrected chi connectivity index (χ1v) is 7.44. The third-order valence-electron chi connectivity index (χ3n) is 4.11. The fraction of sp³-hybridized carbons (Fsp3) is 0.333. The highest BCUT2D eigenvalue weighted by atomic mass is 15.0. The molecule has 2 aromatic carbocycles. The van der Waals surface area contributed by atoms with Crippen LogP contribution in [0.15, 0.2) is 54.6 Å². The van der Waals surface area contributed by atoms with E-state index < -0.39 is 0 Å². The number of benzene rings is 2. The average molecular weight is 266 g/mol.